The molecule has 4 rings (SSSR count). The summed E-state index contributed by atoms with van der Waals surface area (Å²) in [7, 11) is 0. The van der Waals surface area contributed by atoms with Crippen LogP contribution in [-0.2, 0) is 6.54 Å². The molecule has 0 bridgehead atoms. The monoisotopic (exact) mass is 385 g/mol. The van der Waals surface area contributed by atoms with E-state index in [1.165, 1.54) is 0 Å². The molecule has 0 saturated heterocycles. The van der Waals surface area contributed by atoms with Gasteiger partial charge in [-0.2, -0.15) is 9.97 Å². The Kier molecular flexibility index (Phi) is 5.13. The third-order valence-corrected chi connectivity index (χ3v) is 5.18. The van der Waals surface area contributed by atoms with Crippen molar-refractivity contribution in [1.82, 2.24) is 19.5 Å². The zero-order valence-electron chi connectivity index (χ0n) is 15.3. The molecule has 0 spiro atoms. The van der Waals surface area contributed by atoms with Crippen molar-refractivity contribution in [2.75, 3.05) is 10.6 Å². The molecule has 1 aromatic carbocycles. The van der Waals surface area contributed by atoms with Gasteiger partial charge in [0.25, 0.3) is 0 Å². The van der Waals surface area contributed by atoms with E-state index < -0.39 is 0 Å². The molecule has 0 unspecified atom stereocenters. The Balaban J connectivity index is 1.69. The van der Waals surface area contributed by atoms with E-state index >= 15 is 0 Å². The predicted molar refractivity (Wildman–Crippen MR) is 110 cm³/mol. The summed E-state index contributed by atoms with van der Waals surface area (Å²) in [6.45, 7) is 2.86. The average molecular weight is 386 g/mol. The van der Waals surface area contributed by atoms with Gasteiger partial charge in [-0.25, -0.2) is 4.98 Å². The molecule has 2 heterocycles. The molecular weight excluding hydrogens is 362 g/mol. The fourth-order valence-electron chi connectivity index (χ4n) is 3.57. The molecular formula is C19H24ClN7. The van der Waals surface area contributed by atoms with Gasteiger partial charge in [-0.1, -0.05) is 17.7 Å². The number of imidazole rings is 1. The molecule has 0 aliphatic heterocycles. The normalized spacial score (nSPS) is 20.0. The molecule has 142 valence electrons. The number of hydrogen-bond acceptors (Lipinski definition) is 6. The van der Waals surface area contributed by atoms with Gasteiger partial charge in [0.2, 0.25) is 5.95 Å². The van der Waals surface area contributed by atoms with Crippen molar-refractivity contribution in [1.29, 1.82) is 0 Å². The van der Waals surface area contributed by atoms with E-state index in [1.54, 1.807) is 6.33 Å². The maximum Gasteiger partial charge on any atom is 0.227 e. The van der Waals surface area contributed by atoms with Crippen molar-refractivity contribution in [2.45, 2.75) is 51.2 Å². The molecule has 8 heteroatoms. The third-order valence-electron chi connectivity index (χ3n) is 4.94. The Morgan fingerprint density at radius 2 is 2.19 bits per heavy atom. The van der Waals surface area contributed by atoms with Gasteiger partial charge in [0, 0.05) is 29.3 Å². The van der Waals surface area contributed by atoms with Gasteiger partial charge in [-0.3, -0.25) is 0 Å². The van der Waals surface area contributed by atoms with Gasteiger partial charge >= 0.3 is 0 Å². The molecule has 27 heavy (non-hydrogen) atoms. The summed E-state index contributed by atoms with van der Waals surface area (Å²) in [5.74, 6) is 1.26. The Labute approximate surface area is 163 Å². The van der Waals surface area contributed by atoms with Crippen molar-refractivity contribution in [3.8, 4) is 0 Å². The minimum Gasteiger partial charge on any atom is -0.351 e. The highest BCUT2D eigenvalue weighted by Crippen LogP contribution is 2.27. The molecule has 2 atom stereocenters. The smallest absolute Gasteiger partial charge is 0.227 e. The molecule has 1 aliphatic carbocycles. The minimum atomic E-state index is 0.241. The lowest BCUT2D eigenvalue weighted by molar-refractivity contribution is 0.408. The highest BCUT2D eigenvalue weighted by Gasteiger charge is 2.21. The molecule has 2 aromatic heterocycles. The molecule has 0 radical (unpaired) electrons. The predicted octanol–water partition coefficient (Wildman–Crippen LogP) is 3.93. The van der Waals surface area contributed by atoms with Crippen molar-refractivity contribution < 1.29 is 0 Å². The SMILES string of the molecule is CCn1cnc2c(Nc3cccc(Cl)c3)nc(N[C@H]3CCC[C@@H](N)C3)nc21. The number of hydrogen-bond donors (Lipinski definition) is 3. The lowest BCUT2D eigenvalue weighted by Crippen LogP contribution is -2.35. The fourth-order valence-corrected chi connectivity index (χ4v) is 3.76. The summed E-state index contributed by atoms with van der Waals surface area (Å²) in [6.07, 6.45) is 6.03. The van der Waals surface area contributed by atoms with Crippen LogP contribution >= 0.6 is 11.6 Å². The fraction of sp³-hybridized carbons (Fsp3) is 0.421. The van der Waals surface area contributed by atoms with Crippen LogP contribution in [0.25, 0.3) is 11.2 Å². The summed E-state index contributed by atoms with van der Waals surface area (Å²) < 4.78 is 2.01. The van der Waals surface area contributed by atoms with Crippen molar-refractivity contribution in [3.05, 3.63) is 35.6 Å². The second kappa shape index (κ2) is 7.70. The first-order valence-electron chi connectivity index (χ1n) is 9.40. The molecule has 7 nitrogen and oxygen atoms in total. The van der Waals surface area contributed by atoms with Gasteiger partial charge in [0.15, 0.2) is 17.0 Å². The lowest BCUT2D eigenvalue weighted by atomic mass is 9.92. The van der Waals surface area contributed by atoms with Gasteiger partial charge in [-0.15, -0.1) is 0 Å². The quantitative estimate of drug-likeness (QED) is 0.616. The lowest BCUT2D eigenvalue weighted by Gasteiger charge is -2.27. The molecule has 3 aromatic rings. The average Bonchev–Trinajstić information content (AvgIpc) is 3.05. The maximum absolute atomic E-state index is 6.12. The van der Waals surface area contributed by atoms with Crippen molar-refractivity contribution >= 4 is 40.2 Å². The van der Waals surface area contributed by atoms with E-state index in [0.717, 1.165) is 49.1 Å². The maximum atomic E-state index is 6.12. The van der Waals surface area contributed by atoms with E-state index in [-0.39, 0.29) is 6.04 Å². The van der Waals surface area contributed by atoms with Crippen LogP contribution in [0.2, 0.25) is 5.02 Å². The largest absolute Gasteiger partial charge is 0.351 e. The zero-order chi connectivity index (χ0) is 18.8. The number of anilines is 3. The van der Waals surface area contributed by atoms with Gasteiger partial charge in [-0.05, 0) is 50.8 Å². The highest BCUT2D eigenvalue weighted by atomic mass is 35.5. The number of aryl methyl sites for hydroxylation is 1. The number of aromatic nitrogens is 4. The van der Waals surface area contributed by atoms with E-state index in [2.05, 4.69) is 22.5 Å². The van der Waals surface area contributed by atoms with Crippen LogP contribution < -0.4 is 16.4 Å². The van der Waals surface area contributed by atoms with Gasteiger partial charge < -0.3 is 20.9 Å². The Hall–Kier alpha value is -2.38. The number of rotatable bonds is 5. The van der Waals surface area contributed by atoms with Crippen LogP contribution in [-0.4, -0.2) is 31.6 Å². The Morgan fingerprint density at radius 1 is 1.30 bits per heavy atom. The first-order chi connectivity index (χ1) is 13.1. The molecule has 4 N–H and O–H groups in total. The molecule has 1 fully saturated rings. The number of halogens is 1. The summed E-state index contributed by atoms with van der Waals surface area (Å²) in [4.78, 5) is 13.9. The number of benzene rings is 1. The second-order valence-electron chi connectivity index (χ2n) is 7.00. The Morgan fingerprint density at radius 3 is 2.96 bits per heavy atom. The molecule has 0 amide bonds. The number of nitrogens with one attached hydrogen (secondary N) is 2. The van der Waals surface area contributed by atoms with Crippen LogP contribution in [0.3, 0.4) is 0 Å². The number of fused-ring (bicyclic) bond motifs is 1. The van der Waals surface area contributed by atoms with Crippen LogP contribution in [0.1, 0.15) is 32.6 Å². The van der Waals surface area contributed by atoms with Crippen LogP contribution in [0.15, 0.2) is 30.6 Å². The number of nitrogens with two attached hydrogens (primary N) is 1. The van der Waals surface area contributed by atoms with E-state index in [0.29, 0.717) is 22.8 Å². The zero-order valence-corrected chi connectivity index (χ0v) is 16.1. The first-order valence-corrected chi connectivity index (χ1v) is 9.77. The van der Waals surface area contributed by atoms with Gasteiger partial charge in [0.1, 0.15) is 0 Å². The first kappa shape index (κ1) is 18.0. The Bertz CT molecular complexity index is 939. The summed E-state index contributed by atoms with van der Waals surface area (Å²) in [5, 5.41) is 7.47. The van der Waals surface area contributed by atoms with E-state index in [4.69, 9.17) is 27.3 Å². The van der Waals surface area contributed by atoms with Crippen molar-refractivity contribution in [2.24, 2.45) is 5.73 Å². The molecule has 1 aliphatic rings. The summed E-state index contributed by atoms with van der Waals surface area (Å²) in [6, 6.07) is 8.08. The third kappa shape index (κ3) is 3.99. The van der Waals surface area contributed by atoms with Crippen LogP contribution in [0, 0.1) is 0 Å². The summed E-state index contributed by atoms with van der Waals surface area (Å²) >= 11 is 6.11. The van der Waals surface area contributed by atoms with E-state index in [1.807, 2.05) is 28.8 Å². The minimum absolute atomic E-state index is 0.241. The highest BCUT2D eigenvalue weighted by molar-refractivity contribution is 6.30. The second-order valence-corrected chi connectivity index (χ2v) is 7.44. The standard InChI is InChI=1S/C19H24ClN7/c1-2-27-11-22-16-17(23-14-7-3-5-12(20)9-14)25-19(26-18(16)27)24-15-8-4-6-13(21)10-15/h3,5,7,9,11,13,15H,2,4,6,8,10,21H2,1H3,(H2,23,24,25,26)/t13-,15+/m1/s1. The van der Waals surface area contributed by atoms with E-state index in [9.17, 15) is 0 Å². The van der Waals surface area contributed by atoms with Crippen LogP contribution in [0.5, 0.6) is 0 Å². The molecule has 1 saturated carbocycles. The topological polar surface area (TPSA) is 93.7 Å². The number of nitrogens with zero attached hydrogens (tertiary/aromatic N) is 4. The van der Waals surface area contributed by atoms with Crippen LogP contribution in [0.4, 0.5) is 17.5 Å². The van der Waals surface area contributed by atoms with Crippen molar-refractivity contribution in [3.63, 3.8) is 0 Å². The van der Waals surface area contributed by atoms with Gasteiger partial charge in [0.05, 0.1) is 6.33 Å². The summed E-state index contributed by atoms with van der Waals surface area (Å²) in [5.41, 5.74) is 8.53.